The summed E-state index contributed by atoms with van der Waals surface area (Å²) in [4.78, 5) is 4.00. The van der Waals surface area contributed by atoms with Crippen molar-refractivity contribution < 1.29 is 4.74 Å². The van der Waals surface area contributed by atoms with Crippen LogP contribution in [-0.2, 0) is 0 Å². The molecule has 0 aromatic carbocycles. The largest absolute Gasteiger partial charge is 0.487 e. The van der Waals surface area contributed by atoms with Crippen LogP contribution in [0.3, 0.4) is 0 Å². The summed E-state index contributed by atoms with van der Waals surface area (Å²) in [5.74, 6) is 0.669. The van der Waals surface area contributed by atoms with E-state index >= 15 is 0 Å². The van der Waals surface area contributed by atoms with Crippen LogP contribution in [-0.4, -0.2) is 11.1 Å². The molecule has 1 aromatic heterocycles. The van der Waals surface area contributed by atoms with Crippen LogP contribution in [0.1, 0.15) is 20.3 Å². The molecule has 13 heavy (non-hydrogen) atoms. The lowest BCUT2D eigenvalue weighted by Gasteiger charge is -2.13. The lowest BCUT2D eigenvalue weighted by atomic mass is 10.3. The number of rotatable bonds is 3. The molecule has 1 heterocycles. The van der Waals surface area contributed by atoms with Crippen LogP contribution in [0.15, 0.2) is 12.3 Å². The molecule has 1 unspecified atom stereocenters. The van der Waals surface area contributed by atoms with Crippen molar-refractivity contribution in [1.82, 2.24) is 4.98 Å². The van der Waals surface area contributed by atoms with E-state index in [0.717, 1.165) is 9.99 Å². The third-order valence-electron chi connectivity index (χ3n) is 1.68. The molecule has 0 aliphatic rings. The first-order valence-electron chi connectivity index (χ1n) is 4.11. The summed E-state index contributed by atoms with van der Waals surface area (Å²) >= 11 is 8.04. The van der Waals surface area contributed by atoms with Gasteiger partial charge in [-0.15, -0.1) is 0 Å². The van der Waals surface area contributed by atoms with E-state index in [1.165, 1.54) is 0 Å². The summed E-state index contributed by atoms with van der Waals surface area (Å²) in [6.45, 7) is 4.08. The van der Waals surface area contributed by atoms with Gasteiger partial charge in [-0.25, -0.2) is 4.98 Å². The van der Waals surface area contributed by atoms with Crippen LogP contribution in [0, 0.1) is 3.57 Å². The first-order valence-corrected chi connectivity index (χ1v) is 5.57. The highest BCUT2D eigenvalue weighted by Gasteiger charge is 2.06. The lowest BCUT2D eigenvalue weighted by Crippen LogP contribution is -2.10. The van der Waals surface area contributed by atoms with Crippen molar-refractivity contribution in [1.29, 1.82) is 0 Å². The Morgan fingerprint density at radius 3 is 3.00 bits per heavy atom. The van der Waals surface area contributed by atoms with Crippen LogP contribution < -0.4 is 4.74 Å². The second kappa shape index (κ2) is 5.00. The highest BCUT2D eigenvalue weighted by atomic mass is 127. The van der Waals surface area contributed by atoms with E-state index in [4.69, 9.17) is 16.3 Å². The summed E-state index contributed by atoms with van der Waals surface area (Å²) in [6.07, 6.45) is 2.85. The number of halogens is 2. The quantitative estimate of drug-likeness (QED) is 0.629. The summed E-state index contributed by atoms with van der Waals surface area (Å²) in [7, 11) is 0. The Morgan fingerprint density at radius 2 is 2.38 bits per heavy atom. The monoisotopic (exact) mass is 311 g/mol. The van der Waals surface area contributed by atoms with Crippen molar-refractivity contribution in [3.8, 4) is 5.75 Å². The summed E-state index contributed by atoms with van der Waals surface area (Å²) < 4.78 is 6.60. The van der Waals surface area contributed by atoms with Gasteiger partial charge < -0.3 is 4.74 Å². The average Bonchev–Trinajstić information content (AvgIpc) is 2.11. The van der Waals surface area contributed by atoms with Crippen LogP contribution in [0.2, 0.25) is 5.15 Å². The SMILES string of the molecule is CCC(C)Oc1cc(I)cnc1Cl. The van der Waals surface area contributed by atoms with Crippen LogP contribution >= 0.6 is 34.2 Å². The van der Waals surface area contributed by atoms with Gasteiger partial charge in [0.25, 0.3) is 0 Å². The average molecular weight is 312 g/mol. The molecule has 0 saturated heterocycles. The molecule has 0 N–H and O–H groups in total. The molecule has 2 nitrogen and oxygen atoms in total. The lowest BCUT2D eigenvalue weighted by molar-refractivity contribution is 0.216. The van der Waals surface area contributed by atoms with Gasteiger partial charge >= 0.3 is 0 Å². The summed E-state index contributed by atoms with van der Waals surface area (Å²) in [5, 5.41) is 0.431. The molecule has 0 saturated carbocycles. The molecule has 0 amide bonds. The second-order valence-corrected chi connectivity index (χ2v) is 4.38. The van der Waals surface area contributed by atoms with Gasteiger partial charge in [0, 0.05) is 9.77 Å². The van der Waals surface area contributed by atoms with Gasteiger partial charge in [-0.3, -0.25) is 0 Å². The fraction of sp³-hybridized carbons (Fsp3) is 0.444. The van der Waals surface area contributed by atoms with E-state index in [2.05, 4.69) is 34.5 Å². The zero-order valence-corrected chi connectivity index (χ0v) is 10.5. The molecular weight excluding hydrogens is 300 g/mol. The molecule has 72 valence electrons. The van der Waals surface area contributed by atoms with E-state index in [0.29, 0.717) is 10.9 Å². The van der Waals surface area contributed by atoms with Crippen molar-refractivity contribution in [3.05, 3.63) is 21.0 Å². The minimum Gasteiger partial charge on any atom is -0.487 e. The molecule has 1 aromatic rings. The van der Waals surface area contributed by atoms with Gasteiger partial charge in [0.05, 0.1) is 6.10 Å². The van der Waals surface area contributed by atoms with Crippen LogP contribution in [0.5, 0.6) is 5.75 Å². The molecular formula is C9H11ClINO. The maximum Gasteiger partial charge on any atom is 0.171 e. The third kappa shape index (κ3) is 3.31. The first-order chi connectivity index (χ1) is 6.13. The molecule has 1 rings (SSSR count). The Hall–Kier alpha value is -0.0300. The van der Waals surface area contributed by atoms with Crippen molar-refractivity contribution in [3.63, 3.8) is 0 Å². The normalized spacial score (nSPS) is 12.6. The Balaban J connectivity index is 2.81. The Kier molecular flexibility index (Phi) is 4.25. The molecule has 1 atom stereocenters. The Bertz CT molecular complexity index is 293. The third-order valence-corrected chi connectivity index (χ3v) is 2.55. The molecule has 0 bridgehead atoms. The molecule has 0 spiro atoms. The zero-order chi connectivity index (χ0) is 9.84. The van der Waals surface area contributed by atoms with Crippen LogP contribution in [0.25, 0.3) is 0 Å². The Labute approximate surface area is 96.8 Å². The molecule has 0 fully saturated rings. The zero-order valence-electron chi connectivity index (χ0n) is 7.55. The maximum atomic E-state index is 5.86. The van der Waals surface area contributed by atoms with E-state index in [1.54, 1.807) is 6.20 Å². The second-order valence-electron chi connectivity index (χ2n) is 2.78. The smallest absolute Gasteiger partial charge is 0.171 e. The minimum absolute atomic E-state index is 0.178. The van der Waals surface area contributed by atoms with Crippen molar-refractivity contribution in [2.75, 3.05) is 0 Å². The van der Waals surface area contributed by atoms with Gasteiger partial charge in [-0.05, 0) is 42.0 Å². The highest BCUT2D eigenvalue weighted by Crippen LogP contribution is 2.24. The van der Waals surface area contributed by atoms with Gasteiger partial charge in [-0.2, -0.15) is 0 Å². The number of ether oxygens (including phenoxy) is 1. The molecule has 0 radical (unpaired) electrons. The number of nitrogens with zero attached hydrogens (tertiary/aromatic N) is 1. The first kappa shape index (κ1) is 11.0. The van der Waals surface area contributed by atoms with Crippen LogP contribution in [0.4, 0.5) is 0 Å². The number of hydrogen-bond acceptors (Lipinski definition) is 2. The van der Waals surface area contributed by atoms with Crippen molar-refractivity contribution >= 4 is 34.2 Å². The predicted molar refractivity (Wildman–Crippen MR) is 62.3 cm³/mol. The van der Waals surface area contributed by atoms with Crippen molar-refractivity contribution in [2.45, 2.75) is 26.4 Å². The number of pyridine rings is 1. The predicted octanol–water partition coefficient (Wildman–Crippen LogP) is 3.52. The van der Waals surface area contributed by atoms with E-state index in [1.807, 2.05) is 13.0 Å². The van der Waals surface area contributed by atoms with E-state index in [9.17, 15) is 0 Å². The Morgan fingerprint density at radius 1 is 1.69 bits per heavy atom. The van der Waals surface area contributed by atoms with Gasteiger partial charge in [0.15, 0.2) is 10.9 Å². The fourth-order valence-corrected chi connectivity index (χ4v) is 1.36. The number of aromatic nitrogens is 1. The molecule has 4 heteroatoms. The van der Waals surface area contributed by atoms with Gasteiger partial charge in [-0.1, -0.05) is 18.5 Å². The summed E-state index contributed by atoms with van der Waals surface area (Å²) in [5.41, 5.74) is 0. The number of hydrogen-bond donors (Lipinski definition) is 0. The van der Waals surface area contributed by atoms with Gasteiger partial charge in [0.2, 0.25) is 0 Å². The minimum atomic E-state index is 0.178. The summed E-state index contributed by atoms with van der Waals surface area (Å²) in [6, 6.07) is 1.89. The highest BCUT2D eigenvalue weighted by molar-refractivity contribution is 14.1. The fourth-order valence-electron chi connectivity index (χ4n) is 0.787. The standard InChI is InChI=1S/C9H11ClINO/c1-3-6(2)13-8-4-7(11)5-12-9(8)10/h4-6H,3H2,1-2H3. The van der Waals surface area contributed by atoms with E-state index < -0.39 is 0 Å². The topological polar surface area (TPSA) is 22.1 Å². The molecule has 0 aliphatic carbocycles. The van der Waals surface area contributed by atoms with Gasteiger partial charge in [0.1, 0.15) is 0 Å². The maximum absolute atomic E-state index is 5.86. The van der Waals surface area contributed by atoms with Crippen molar-refractivity contribution in [2.24, 2.45) is 0 Å². The molecule has 0 aliphatic heterocycles. The van der Waals surface area contributed by atoms with E-state index in [-0.39, 0.29) is 6.10 Å².